The van der Waals surface area contributed by atoms with Gasteiger partial charge in [-0.05, 0) is 63.0 Å². The van der Waals surface area contributed by atoms with Crippen molar-refractivity contribution in [3.8, 4) is 0 Å². The zero-order chi connectivity index (χ0) is 28.8. The number of nitrogens with zero attached hydrogens (tertiary/aromatic N) is 1. The lowest BCUT2D eigenvalue weighted by atomic mass is 10.1. The molecule has 2 aromatic carbocycles. The number of aliphatic carboxylic acids is 1. The molecule has 1 aliphatic heterocycles. The summed E-state index contributed by atoms with van der Waals surface area (Å²) in [6, 6.07) is 18.4. The molecule has 0 radical (unpaired) electrons. The quantitative estimate of drug-likeness (QED) is 0.202. The minimum Gasteiger partial charge on any atom is -0.480 e. The number of benzene rings is 2. The number of alkyl carbamates (subject to hydrolysis) is 1. The Kier molecular flexibility index (Phi) is 12.7. The van der Waals surface area contributed by atoms with Gasteiger partial charge in [0.25, 0.3) is 0 Å². The summed E-state index contributed by atoms with van der Waals surface area (Å²) in [6.45, 7) is 2.61. The van der Waals surface area contributed by atoms with E-state index in [0.29, 0.717) is 32.2 Å². The van der Waals surface area contributed by atoms with Crippen molar-refractivity contribution in [3.05, 3.63) is 71.8 Å². The molecule has 1 aliphatic rings. The van der Waals surface area contributed by atoms with Gasteiger partial charge in [0.1, 0.15) is 18.3 Å². The second kappa shape index (κ2) is 16.2. The van der Waals surface area contributed by atoms with Crippen molar-refractivity contribution >= 4 is 25.3 Å². The fourth-order valence-corrected chi connectivity index (χ4v) is 7.84. The smallest absolute Gasteiger partial charge is 0.407 e. The highest BCUT2D eigenvalue weighted by Crippen LogP contribution is 2.55. The van der Waals surface area contributed by atoms with Crippen LogP contribution in [-0.4, -0.2) is 65.5 Å². The van der Waals surface area contributed by atoms with Gasteiger partial charge >= 0.3 is 12.1 Å². The number of carbonyl (C=O) groups is 3. The van der Waals surface area contributed by atoms with Gasteiger partial charge in [0, 0.05) is 19.3 Å². The van der Waals surface area contributed by atoms with Gasteiger partial charge < -0.3 is 24.6 Å². The normalized spacial score (nSPS) is 17.1. The molecule has 1 heterocycles. The summed E-state index contributed by atoms with van der Waals surface area (Å²) in [5.41, 5.74) is 1.09. The highest BCUT2D eigenvalue weighted by Gasteiger charge is 2.44. The second-order valence-corrected chi connectivity index (χ2v) is 12.8. The summed E-state index contributed by atoms with van der Waals surface area (Å²) in [7, 11) is -3.46. The van der Waals surface area contributed by atoms with Crippen LogP contribution in [0.4, 0.5) is 4.79 Å². The molecule has 1 saturated heterocycles. The molecule has 10 heteroatoms. The van der Waals surface area contributed by atoms with E-state index in [1.807, 2.05) is 60.7 Å². The maximum Gasteiger partial charge on any atom is 0.407 e. The van der Waals surface area contributed by atoms with Crippen LogP contribution < -0.4 is 5.32 Å². The van der Waals surface area contributed by atoms with E-state index in [0.717, 1.165) is 18.4 Å². The number of nitrogens with one attached hydrogen (secondary N) is 1. The second-order valence-electron chi connectivity index (χ2n) is 9.98. The molecule has 2 N–H and O–H groups in total. The minimum atomic E-state index is -3.46. The van der Waals surface area contributed by atoms with Crippen molar-refractivity contribution in [2.75, 3.05) is 25.9 Å². The highest BCUT2D eigenvalue weighted by atomic mass is 31.2. The van der Waals surface area contributed by atoms with Crippen LogP contribution in [0.25, 0.3) is 0 Å². The Hall–Kier alpha value is -3.16. The zero-order valence-electron chi connectivity index (χ0n) is 23.2. The molecule has 0 spiro atoms. The number of likely N-dealkylation sites (tertiary alicyclic amines) is 1. The number of hydrogen-bond acceptors (Lipinski definition) is 6. The predicted molar refractivity (Wildman–Crippen MR) is 154 cm³/mol. The Labute approximate surface area is 236 Å². The van der Waals surface area contributed by atoms with Gasteiger partial charge in [-0.25, -0.2) is 9.59 Å². The third kappa shape index (κ3) is 9.49. The SMILES string of the molecule is CCOP(=O)(CCCCc1ccccc1)C(CCCNC(=O)OCc1ccccc1)C(=O)N1CCC[C@H]1C(=O)O. The molecule has 40 heavy (non-hydrogen) atoms. The Morgan fingerprint density at radius 2 is 1.70 bits per heavy atom. The number of carbonyl (C=O) groups excluding carboxylic acids is 2. The van der Waals surface area contributed by atoms with Crippen molar-refractivity contribution in [2.45, 2.75) is 70.2 Å². The number of hydrogen-bond donors (Lipinski definition) is 2. The first-order chi connectivity index (χ1) is 19.3. The molecule has 0 aromatic heterocycles. The maximum atomic E-state index is 14.3. The molecule has 3 atom stereocenters. The summed E-state index contributed by atoms with van der Waals surface area (Å²) >= 11 is 0. The summed E-state index contributed by atoms with van der Waals surface area (Å²) in [6.07, 6.45) is 3.42. The Morgan fingerprint density at radius 3 is 2.35 bits per heavy atom. The number of ether oxygens (including phenoxy) is 1. The predicted octanol–water partition coefficient (Wildman–Crippen LogP) is 5.47. The first-order valence-electron chi connectivity index (χ1n) is 14.1. The Balaban J connectivity index is 1.62. The minimum absolute atomic E-state index is 0.141. The average molecular weight is 573 g/mol. The molecule has 9 nitrogen and oxygen atoms in total. The van der Waals surface area contributed by atoms with E-state index in [4.69, 9.17) is 9.26 Å². The molecule has 2 aromatic rings. The fourth-order valence-electron chi connectivity index (χ4n) is 5.06. The molecule has 3 rings (SSSR count). The first-order valence-corrected chi connectivity index (χ1v) is 16.0. The van der Waals surface area contributed by atoms with E-state index in [-0.39, 0.29) is 32.3 Å². The van der Waals surface area contributed by atoms with E-state index in [9.17, 15) is 24.1 Å². The molecule has 218 valence electrons. The number of rotatable bonds is 16. The molecule has 0 bridgehead atoms. The van der Waals surface area contributed by atoms with E-state index in [2.05, 4.69) is 5.32 Å². The maximum absolute atomic E-state index is 14.3. The van der Waals surface area contributed by atoms with Crippen LogP contribution in [-0.2, 0) is 36.4 Å². The number of unbranched alkanes of at least 4 members (excludes halogenated alkanes) is 1. The molecule has 2 unspecified atom stereocenters. The summed E-state index contributed by atoms with van der Waals surface area (Å²) in [5, 5.41) is 12.3. The zero-order valence-corrected chi connectivity index (χ0v) is 24.1. The van der Waals surface area contributed by atoms with Crippen LogP contribution in [0.1, 0.15) is 56.6 Å². The summed E-state index contributed by atoms with van der Waals surface area (Å²) in [5.74, 6) is -1.49. The first kappa shape index (κ1) is 31.4. The van der Waals surface area contributed by atoms with E-state index in [1.165, 1.54) is 10.5 Å². The van der Waals surface area contributed by atoms with Crippen LogP contribution in [0.15, 0.2) is 60.7 Å². The summed E-state index contributed by atoms with van der Waals surface area (Å²) < 4.78 is 25.3. The van der Waals surface area contributed by atoms with Gasteiger partial charge in [-0.2, -0.15) is 0 Å². The topological polar surface area (TPSA) is 122 Å². The van der Waals surface area contributed by atoms with E-state index < -0.39 is 37.0 Å². The molecule has 0 saturated carbocycles. The molecule has 1 fully saturated rings. The lowest BCUT2D eigenvalue weighted by Crippen LogP contribution is -2.46. The van der Waals surface area contributed by atoms with Crippen LogP contribution in [0, 0.1) is 0 Å². The molecular weight excluding hydrogens is 531 g/mol. The van der Waals surface area contributed by atoms with Crippen LogP contribution in [0.3, 0.4) is 0 Å². The highest BCUT2D eigenvalue weighted by molar-refractivity contribution is 7.60. The third-order valence-electron chi connectivity index (χ3n) is 7.09. The van der Waals surface area contributed by atoms with Gasteiger partial charge in [0.15, 0.2) is 0 Å². The summed E-state index contributed by atoms with van der Waals surface area (Å²) in [4.78, 5) is 39.0. The van der Waals surface area contributed by atoms with Crippen molar-refractivity contribution in [2.24, 2.45) is 0 Å². The number of carboxylic acids is 1. The lowest BCUT2D eigenvalue weighted by Gasteiger charge is -2.31. The Morgan fingerprint density at radius 1 is 1.02 bits per heavy atom. The van der Waals surface area contributed by atoms with Crippen molar-refractivity contribution in [3.63, 3.8) is 0 Å². The standard InChI is InChI=1S/C30H41N2O7P/c1-2-39-40(37,22-10-9-15-24-13-5-3-6-14-24)27(28(33)32-21-12-18-26(32)29(34)35)19-11-20-31-30(36)38-23-25-16-7-4-8-17-25/h3-8,13-14,16-17,26-27H,2,9-12,15,18-23H2,1H3,(H,31,36)(H,34,35)/t26-,27?,40?/m0/s1. The average Bonchev–Trinajstić information content (AvgIpc) is 3.46. The largest absolute Gasteiger partial charge is 0.480 e. The Bertz CT molecular complexity index is 1130. The van der Waals surface area contributed by atoms with Gasteiger partial charge in [-0.15, -0.1) is 0 Å². The van der Waals surface area contributed by atoms with Gasteiger partial charge in [-0.1, -0.05) is 60.7 Å². The van der Waals surface area contributed by atoms with E-state index >= 15 is 0 Å². The van der Waals surface area contributed by atoms with Crippen LogP contribution in [0.5, 0.6) is 0 Å². The van der Waals surface area contributed by atoms with Gasteiger partial charge in [0.05, 0.1) is 6.61 Å². The third-order valence-corrected chi connectivity index (χ3v) is 10.2. The molecular formula is C30H41N2O7P. The van der Waals surface area contributed by atoms with Crippen LogP contribution >= 0.6 is 7.37 Å². The van der Waals surface area contributed by atoms with Crippen molar-refractivity contribution < 1.29 is 33.3 Å². The monoisotopic (exact) mass is 572 g/mol. The number of amides is 2. The van der Waals surface area contributed by atoms with Crippen molar-refractivity contribution in [1.29, 1.82) is 0 Å². The number of carboxylic acid groups (broad SMARTS) is 1. The fraction of sp³-hybridized carbons (Fsp3) is 0.500. The van der Waals surface area contributed by atoms with Crippen LogP contribution in [0.2, 0.25) is 0 Å². The van der Waals surface area contributed by atoms with E-state index in [1.54, 1.807) is 6.92 Å². The molecule has 2 amide bonds. The van der Waals surface area contributed by atoms with Crippen molar-refractivity contribution in [1.82, 2.24) is 10.2 Å². The van der Waals surface area contributed by atoms with Gasteiger partial charge in [-0.3, -0.25) is 9.36 Å². The number of aryl methyl sites for hydroxylation is 1. The lowest BCUT2D eigenvalue weighted by molar-refractivity contribution is -0.148. The molecule has 0 aliphatic carbocycles. The van der Waals surface area contributed by atoms with Gasteiger partial charge in [0.2, 0.25) is 13.3 Å².